The predicted octanol–water partition coefficient (Wildman–Crippen LogP) is 3.18. The van der Waals surface area contributed by atoms with Crippen molar-refractivity contribution < 1.29 is 4.79 Å². The maximum Gasteiger partial charge on any atom is 0.332 e. The first kappa shape index (κ1) is 20.7. The Bertz CT molecular complexity index is 1370. The summed E-state index contributed by atoms with van der Waals surface area (Å²) >= 11 is 1.46. The van der Waals surface area contributed by atoms with Crippen molar-refractivity contribution in [3.05, 3.63) is 90.9 Å². The molecule has 0 aliphatic carbocycles. The van der Waals surface area contributed by atoms with E-state index in [0.29, 0.717) is 5.52 Å². The second-order valence-electron chi connectivity index (χ2n) is 7.22. The largest absolute Gasteiger partial charge is 0.332 e. The number of para-hydroxylation sites is 1. The van der Waals surface area contributed by atoms with E-state index in [4.69, 9.17) is 0 Å². The number of carbonyl (C=O) groups excluding carboxylic acids is 1. The molecule has 0 spiro atoms. The van der Waals surface area contributed by atoms with E-state index in [0.717, 1.165) is 32.7 Å². The third kappa shape index (κ3) is 4.06. The van der Waals surface area contributed by atoms with E-state index in [2.05, 4.69) is 10.3 Å². The van der Waals surface area contributed by atoms with E-state index < -0.39 is 11.2 Å². The molecule has 158 valence electrons. The van der Waals surface area contributed by atoms with Crippen molar-refractivity contribution in [1.82, 2.24) is 14.1 Å². The summed E-state index contributed by atoms with van der Waals surface area (Å²) in [6.07, 6.45) is 2.28. The number of anilines is 1. The quantitative estimate of drug-likeness (QED) is 0.505. The normalized spacial score (nSPS) is 11.0. The summed E-state index contributed by atoms with van der Waals surface area (Å²) in [5.41, 5.74) is 2.25. The smallest absolute Gasteiger partial charge is 0.324 e. The van der Waals surface area contributed by atoms with E-state index >= 15 is 0 Å². The Labute approximate surface area is 182 Å². The highest BCUT2D eigenvalue weighted by atomic mass is 32.1. The van der Waals surface area contributed by atoms with Gasteiger partial charge < -0.3 is 5.32 Å². The Balaban J connectivity index is 1.76. The van der Waals surface area contributed by atoms with Crippen LogP contribution < -0.4 is 16.6 Å². The van der Waals surface area contributed by atoms with Crippen LogP contribution in [0.1, 0.15) is 22.9 Å². The van der Waals surface area contributed by atoms with Gasteiger partial charge in [0.25, 0.3) is 5.56 Å². The lowest BCUT2D eigenvalue weighted by molar-refractivity contribution is -0.116. The molecule has 3 aromatic heterocycles. The van der Waals surface area contributed by atoms with Crippen molar-refractivity contribution in [2.24, 2.45) is 0 Å². The van der Waals surface area contributed by atoms with Gasteiger partial charge in [0.1, 0.15) is 6.54 Å². The number of carbonyl (C=O) groups is 1. The first-order valence-corrected chi connectivity index (χ1v) is 10.9. The fraction of sp³-hybridized carbons (Fsp3) is 0.217. The van der Waals surface area contributed by atoms with Gasteiger partial charge in [-0.1, -0.05) is 31.2 Å². The van der Waals surface area contributed by atoms with Gasteiger partial charge in [-0.3, -0.25) is 18.7 Å². The van der Waals surface area contributed by atoms with Crippen molar-refractivity contribution >= 4 is 34.0 Å². The Morgan fingerprint density at radius 1 is 1.10 bits per heavy atom. The molecule has 1 amide bonds. The van der Waals surface area contributed by atoms with Crippen LogP contribution in [0.3, 0.4) is 0 Å². The molecule has 0 bridgehead atoms. The number of thiophene rings is 1. The lowest BCUT2D eigenvalue weighted by Gasteiger charge is -2.15. The standard InChI is InChI=1S/C23H22N4O3S/c1-3-16-8-4-7-15(2)20(16)25-19(28)14-26-18-10-5-11-24-21(18)22(29)27(23(26)30)13-17-9-6-12-31-17/h4-12H,3,13-14H2,1-2H3,(H,25,28). The molecule has 1 N–H and O–H groups in total. The molecule has 0 atom stereocenters. The number of aromatic nitrogens is 3. The van der Waals surface area contributed by atoms with Crippen LogP contribution in [0.15, 0.2) is 63.6 Å². The highest BCUT2D eigenvalue weighted by molar-refractivity contribution is 7.09. The van der Waals surface area contributed by atoms with Crippen molar-refractivity contribution in [2.45, 2.75) is 33.4 Å². The highest BCUT2D eigenvalue weighted by Gasteiger charge is 2.17. The van der Waals surface area contributed by atoms with Gasteiger partial charge in [-0.15, -0.1) is 11.3 Å². The fourth-order valence-corrected chi connectivity index (χ4v) is 4.31. The molecule has 8 heteroatoms. The zero-order chi connectivity index (χ0) is 22.0. The molecule has 0 unspecified atom stereocenters. The lowest BCUT2D eigenvalue weighted by Crippen LogP contribution is -2.42. The van der Waals surface area contributed by atoms with Gasteiger partial charge in [0.2, 0.25) is 5.91 Å². The van der Waals surface area contributed by atoms with Crippen LogP contribution in [0.25, 0.3) is 11.0 Å². The second kappa shape index (κ2) is 8.69. The summed E-state index contributed by atoms with van der Waals surface area (Å²) in [7, 11) is 0. The number of benzene rings is 1. The van der Waals surface area contributed by atoms with Gasteiger partial charge >= 0.3 is 5.69 Å². The molecule has 7 nitrogen and oxygen atoms in total. The third-order valence-corrected chi connectivity index (χ3v) is 6.05. The van der Waals surface area contributed by atoms with Gasteiger partial charge in [-0.25, -0.2) is 9.78 Å². The van der Waals surface area contributed by atoms with Crippen LogP contribution in [0.4, 0.5) is 5.69 Å². The molecule has 1 aromatic carbocycles. The Hall–Kier alpha value is -3.52. The van der Waals surface area contributed by atoms with Gasteiger partial charge in [-0.05, 0) is 48.1 Å². The van der Waals surface area contributed by atoms with Crippen LogP contribution >= 0.6 is 11.3 Å². The summed E-state index contributed by atoms with van der Waals surface area (Å²) in [5, 5.41) is 4.83. The first-order valence-electron chi connectivity index (χ1n) is 9.98. The number of nitrogens with one attached hydrogen (secondary N) is 1. The van der Waals surface area contributed by atoms with Crippen LogP contribution in [0, 0.1) is 6.92 Å². The Morgan fingerprint density at radius 3 is 2.68 bits per heavy atom. The second-order valence-corrected chi connectivity index (χ2v) is 8.25. The third-order valence-electron chi connectivity index (χ3n) is 5.19. The first-order chi connectivity index (χ1) is 15.0. The number of amides is 1. The van der Waals surface area contributed by atoms with Crippen molar-refractivity contribution in [3.63, 3.8) is 0 Å². The fourth-order valence-electron chi connectivity index (χ4n) is 3.62. The maximum absolute atomic E-state index is 13.2. The van der Waals surface area contributed by atoms with Crippen LogP contribution in [-0.4, -0.2) is 20.0 Å². The van der Waals surface area contributed by atoms with Crippen LogP contribution in [0.2, 0.25) is 0 Å². The molecule has 0 fully saturated rings. The molecule has 4 rings (SSSR count). The van der Waals surface area contributed by atoms with Crippen molar-refractivity contribution in [3.8, 4) is 0 Å². The van der Waals surface area contributed by atoms with Gasteiger partial charge in [0.15, 0.2) is 5.52 Å². The Kier molecular flexibility index (Phi) is 5.81. The average Bonchev–Trinajstić information content (AvgIpc) is 3.29. The Morgan fingerprint density at radius 2 is 1.94 bits per heavy atom. The molecule has 3 heterocycles. The zero-order valence-electron chi connectivity index (χ0n) is 17.3. The van der Waals surface area contributed by atoms with E-state index in [9.17, 15) is 14.4 Å². The van der Waals surface area contributed by atoms with E-state index in [1.165, 1.54) is 22.1 Å². The highest BCUT2D eigenvalue weighted by Crippen LogP contribution is 2.21. The number of aryl methyl sites for hydroxylation is 2. The summed E-state index contributed by atoms with van der Waals surface area (Å²) < 4.78 is 2.45. The number of hydrogen-bond donors (Lipinski definition) is 1. The molecule has 0 aliphatic heterocycles. The van der Waals surface area contributed by atoms with Crippen LogP contribution in [0.5, 0.6) is 0 Å². The summed E-state index contributed by atoms with van der Waals surface area (Å²) in [6.45, 7) is 3.88. The minimum absolute atomic E-state index is 0.140. The number of rotatable bonds is 6. The molecule has 4 aromatic rings. The lowest BCUT2D eigenvalue weighted by atomic mass is 10.1. The maximum atomic E-state index is 13.2. The van der Waals surface area contributed by atoms with Gasteiger partial charge in [0.05, 0.1) is 12.1 Å². The molecular weight excluding hydrogens is 412 g/mol. The molecule has 31 heavy (non-hydrogen) atoms. The molecule has 0 saturated heterocycles. The summed E-state index contributed by atoms with van der Waals surface area (Å²) in [5.74, 6) is -0.336. The number of fused-ring (bicyclic) bond motifs is 1. The minimum Gasteiger partial charge on any atom is -0.324 e. The van der Waals surface area contributed by atoms with Gasteiger partial charge in [0, 0.05) is 16.8 Å². The molecular formula is C23H22N4O3S. The minimum atomic E-state index is -0.533. The molecule has 0 radical (unpaired) electrons. The zero-order valence-corrected chi connectivity index (χ0v) is 18.1. The van der Waals surface area contributed by atoms with Crippen molar-refractivity contribution in [2.75, 3.05) is 5.32 Å². The number of hydrogen-bond acceptors (Lipinski definition) is 5. The molecule has 0 aliphatic rings. The summed E-state index contributed by atoms with van der Waals surface area (Å²) in [4.78, 5) is 44.1. The molecule has 0 saturated carbocycles. The summed E-state index contributed by atoms with van der Waals surface area (Å²) in [6, 6.07) is 12.9. The predicted molar refractivity (Wildman–Crippen MR) is 123 cm³/mol. The van der Waals surface area contributed by atoms with Gasteiger partial charge in [-0.2, -0.15) is 0 Å². The SMILES string of the molecule is CCc1cccc(C)c1NC(=O)Cn1c(=O)n(Cc2cccs2)c(=O)c2ncccc21. The van der Waals surface area contributed by atoms with Crippen molar-refractivity contribution in [1.29, 1.82) is 0 Å². The van der Waals surface area contributed by atoms with E-state index in [-0.39, 0.29) is 24.5 Å². The number of pyridine rings is 1. The van der Waals surface area contributed by atoms with E-state index in [1.54, 1.807) is 12.1 Å². The van der Waals surface area contributed by atoms with E-state index in [1.807, 2.05) is 49.6 Å². The topological polar surface area (TPSA) is 86.0 Å². The average molecular weight is 435 g/mol. The number of nitrogens with zero attached hydrogens (tertiary/aromatic N) is 3. The monoisotopic (exact) mass is 434 g/mol. The van der Waals surface area contributed by atoms with Crippen LogP contribution in [-0.2, 0) is 24.3 Å².